The second kappa shape index (κ2) is 5.94. The van der Waals surface area contributed by atoms with Crippen LogP contribution in [-0.4, -0.2) is 41.6 Å². The van der Waals surface area contributed by atoms with Gasteiger partial charge in [0, 0.05) is 25.7 Å². The molecule has 2 heterocycles. The molecular weight excluding hydrogens is 252 g/mol. The molecule has 2 fully saturated rings. The molecule has 0 aromatic heterocycles. The van der Waals surface area contributed by atoms with Crippen LogP contribution in [0.5, 0.6) is 0 Å². The van der Waals surface area contributed by atoms with Gasteiger partial charge in [-0.2, -0.15) is 0 Å². The lowest BCUT2D eigenvalue weighted by Gasteiger charge is -2.34. The summed E-state index contributed by atoms with van der Waals surface area (Å²) in [5.74, 6) is 0.427. The highest BCUT2D eigenvalue weighted by Gasteiger charge is 2.36. The molecule has 2 aliphatic heterocycles. The third-order valence-electron chi connectivity index (χ3n) is 4.47. The van der Waals surface area contributed by atoms with Gasteiger partial charge in [0.05, 0.1) is 12.0 Å². The van der Waals surface area contributed by atoms with Crippen molar-refractivity contribution in [2.24, 2.45) is 5.92 Å². The third kappa shape index (κ3) is 2.72. The smallest absolute Gasteiger partial charge is 0.228 e. The fourth-order valence-electron chi connectivity index (χ4n) is 3.14. The highest BCUT2D eigenvalue weighted by atomic mass is 16.3. The molecule has 0 aliphatic carbocycles. The first-order valence-corrected chi connectivity index (χ1v) is 7.50. The van der Waals surface area contributed by atoms with Crippen LogP contribution in [0.3, 0.4) is 0 Å². The summed E-state index contributed by atoms with van der Waals surface area (Å²) >= 11 is 0. The summed E-state index contributed by atoms with van der Waals surface area (Å²) in [4.78, 5) is 14.4. The number of rotatable bonds is 4. The van der Waals surface area contributed by atoms with E-state index < -0.39 is 6.10 Å². The molecule has 0 bridgehead atoms. The van der Waals surface area contributed by atoms with Crippen LogP contribution in [0.1, 0.15) is 30.9 Å². The van der Waals surface area contributed by atoms with Crippen LogP contribution in [0.15, 0.2) is 30.3 Å². The zero-order chi connectivity index (χ0) is 13.9. The van der Waals surface area contributed by atoms with Crippen LogP contribution < -0.4 is 5.32 Å². The van der Waals surface area contributed by atoms with E-state index in [-0.39, 0.29) is 17.9 Å². The number of carbonyl (C=O) groups excluding carboxylic acids is 1. The Morgan fingerprint density at radius 1 is 1.35 bits per heavy atom. The normalized spacial score (nSPS) is 24.4. The zero-order valence-corrected chi connectivity index (χ0v) is 11.7. The number of hydrogen-bond acceptors (Lipinski definition) is 3. The molecule has 1 amide bonds. The van der Waals surface area contributed by atoms with Gasteiger partial charge in [0.25, 0.3) is 0 Å². The van der Waals surface area contributed by atoms with Gasteiger partial charge >= 0.3 is 0 Å². The number of nitrogens with one attached hydrogen (secondary N) is 1. The molecule has 0 spiro atoms. The maximum atomic E-state index is 12.4. The first-order valence-electron chi connectivity index (χ1n) is 7.50. The molecule has 2 N–H and O–H groups in total. The Hall–Kier alpha value is -1.39. The Bertz CT molecular complexity index is 459. The van der Waals surface area contributed by atoms with Gasteiger partial charge in [-0.1, -0.05) is 30.3 Å². The fourth-order valence-corrected chi connectivity index (χ4v) is 3.14. The molecule has 2 unspecified atom stereocenters. The van der Waals surface area contributed by atoms with Crippen molar-refractivity contribution in [3.8, 4) is 0 Å². The van der Waals surface area contributed by atoms with Crippen LogP contribution >= 0.6 is 0 Å². The molecule has 0 radical (unpaired) electrons. The minimum atomic E-state index is -0.478. The van der Waals surface area contributed by atoms with Crippen molar-refractivity contribution in [1.82, 2.24) is 10.2 Å². The van der Waals surface area contributed by atoms with Gasteiger partial charge in [-0.05, 0) is 24.8 Å². The maximum absolute atomic E-state index is 12.4. The van der Waals surface area contributed by atoms with Crippen LogP contribution in [0.4, 0.5) is 0 Å². The van der Waals surface area contributed by atoms with Gasteiger partial charge < -0.3 is 15.3 Å². The fraction of sp³-hybridized carbons (Fsp3) is 0.562. The summed E-state index contributed by atoms with van der Waals surface area (Å²) in [5.41, 5.74) is 0.942. The molecule has 108 valence electrons. The summed E-state index contributed by atoms with van der Waals surface area (Å²) in [6.45, 7) is 2.47. The van der Waals surface area contributed by atoms with Gasteiger partial charge in [0.2, 0.25) is 5.91 Å². The number of aliphatic hydroxyl groups excluding tert-OH is 1. The van der Waals surface area contributed by atoms with E-state index in [1.54, 1.807) is 0 Å². The molecule has 4 nitrogen and oxygen atoms in total. The summed E-state index contributed by atoms with van der Waals surface area (Å²) in [5, 5.41) is 13.5. The largest absolute Gasteiger partial charge is 0.388 e. The molecule has 1 aromatic rings. The van der Waals surface area contributed by atoms with Crippen LogP contribution in [0, 0.1) is 5.92 Å². The molecule has 2 aliphatic rings. The second-order valence-electron chi connectivity index (χ2n) is 5.85. The van der Waals surface area contributed by atoms with Crippen LogP contribution in [0.2, 0.25) is 0 Å². The maximum Gasteiger partial charge on any atom is 0.228 e. The number of nitrogens with zero attached hydrogens (tertiary/aromatic N) is 1. The number of amides is 1. The van der Waals surface area contributed by atoms with Gasteiger partial charge in [-0.15, -0.1) is 0 Å². The van der Waals surface area contributed by atoms with Crippen molar-refractivity contribution < 1.29 is 9.90 Å². The number of likely N-dealkylation sites (tertiary alicyclic amines) is 1. The van der Waals surface area contributed by atoms with Crippen molar-refractivity contribution >= 4 is 5.91 Å². The Morgan fingerprint density at radius 3 is 2.75 bits per heavy atom. The summed E-state index contributed by atoms with van der Waals surface area (Å²) < 4.78 is 0. The van der Waals surface area contributed by atoms with Crippen molar-refractivity contribution in [1.29, 1.82) is 0 Å². The molecule has 2 atom stereocenters. The van der Waals surface area contributed by atoms with E-state index in [0.717, 1.165) is 38.0 Å². The predicted molar refractivity (Wildman–Crippen MR) is 77.1 cm³/mol. The SMILES string of the molecule is O=C(C1CNC1)N1CCCC1CC(O)c1ccccc1. The second-order valence-corrected chi connectivity index (χ2v) is 5.85. The van der Waals surface area contributed by atoms with Crippen molar-refractivity contribution in [3.63, 3.8) is 0 Å². The minimum absolute atomic E-state index is 0.157. The van der Waals surface area contributed by atoms with E-state index in [9.17, 15) is 9.90 Å². The third-order valence-corrected chi connectivity index (χ3v) is 4.47. The predicted octanol–water partition coefficient (Wildman–Crippen LogP) is 1.32. The number of benzene rings is 1. The molecule has 3 rings (SSSR count). The molecule has 2 saturated heterocycles. The van der Waals surface area contributed by atoms with Gasteiger partial charge in [0.15, 0.2) is 0 Å². The Balaban J connectivity index is 1.62. The molecular formula is C16H22N2O2. The molecule has 0 saturated carbocycles. The van der Waals surface area contributed by atoms with Crippen molar-refractivity contribution in [2.45, 2.75) is 31.4 Å². The quantitative estimate of drug-likeness (QED) is 0.870. The van der Waals surface area contributed by atoms with E-state index in [1.165, 1.54) is 0 Å². The Labute approximate surface area is 119 Å². The molecule has 1 aromatic carbocycles. The van der Waals surface area contributed by atoms with E-state index in [1.807, 2.05) is 35.2 Å². The Morgan fingerprint density at radius 2 is 2.10 bits per heavy atom. The topological polar surface area (TPSA) is 52.6 Å². The first-order chi connectivity index (χ1) is 9.75. The van der Waals surface area contributed by atoms with Gasteiger partial charge in [-0.25, -0.2) is 0 Å². The lowest BCUT2D eigenvalue weighted by molar-refractivity contribution is -0.138. The van der Waals surface area contributed by atoms with Crippen LogP contribution in [0.25, 0.3) is 0 Å². The van der Waals surface area contributed by atoms with Crippen LogP contribution in [-0.2, 0) is 4.79 Å². The standard InChI is InChI=1S/C16H22N2O2/c19-15(12-5-2-1-3-6-12)9-14-7-4-8-18(14)16(20)13-10-17-11-13/h1-3,5-6,13-15,17,19H,4,7-11H2. The lowest BCUT2D eigenvalue weighted by Crippen LogP contribution is -2.53. The summed E-state index contributed by atoms with van der Waals surface area (Å²) in [7, 11) is 0. The number of aliphatic hydroxyl groups is 1. The average Bonchev–Trinajstić information content (AvgIpc) is 2.86. The minimum Gasteiger partial charge on any atom is -0.388 e. The van der Waals surface area contributed by atoms with Crippen molar-refractivity contribution in [2.75, 3.05) is 19.6 Å². The highest BCUT2D eigenvalue weighted by molar-refractivity contribution is 5.80. The molecule has 20 heavy (non-hydrogen) atoms. The number of hydrogen-bond donors (Lipinski definition) is 2. The summed E-state index contributed by atoms with van der Waals surface area (Å²) in [6.07, 6.45) is 2.23. The van der Waals surface area contributed by atoms with Gasteiger partial charge in [-0.3, -0.25) is 4.79 Å². The van der Waals surface area contributed by atoms with Crippen molar-refractivity contribution in [3.05, 3.63) is 35.9 Å². The van der Waals surface area contributed by atoms with E-state index in [0.29, 0.717) is 6.42 Å². The lowest BCUT2D eigenvalue weighted by atomic mass is 9.98. The van der Waals surface area contributed by atoms with E-state index in [2.05, 4.69) is 5.32 Å². The highest BCUT2D eigenvalue weighted by Crippen LogP contribution is 2.28. The van der Waals surface area contributed by atoms with E-state index in [4.69, 9.17) is 0 Å². The first kappa shape index (κ1) is 13.6. The van der Waals surface area contributed by atoms with E-state index >= 15 is 0 Å². The monoisotopic (exact) mass is 274 g/mol. The Kier molecular flexibility index (Phi) is 4.03. The number of carbonyl (C=O) groups is 1. The average molecular weight is 274 g/mol. The summed E-state index contributed by atoms with van der Waals surface area (Å²) in [6, 6.07) is 9.92. The zero-order valence-electron chi connectivity index (χ0n) is 11.7. The van der Waals surface area contributed by atoms with Gasteiger partial charge in [0.1, 0.15) is 0 Å². The molecule has 4 heteroatoms.